The first-order chi connectivity index (χ1) is 5.27. The van der Waals surface area contributed by atoms with E-state index in [1.165, 1.54) is 7.11 Å². The highest BCUT2D eigenvalue weighted by atomic mass is 32.1. The lowest BCUT2D eigenvalue weighted by Gasteiger charge is -2.10. The highest BCUT2D eigenvalue weighted by Crippen LogP contribution is 2.05. The van der Waals surface area contributed by atoms with E-state index in [-0.39, 0.29) is 12.0 Å². The molecular formula is C6H10N2O2S. The maximum Gasteiger partial charge on any atom is 0.332 e. The molecule has 0 spiro atoms. The number of carbonyl (C=O) groups is 1. The zero-order valence-corrected chi connectivity index (χ0v) is 7.12. The van der Waals surface area contributed by atoms with Gasteiger partial charge < -0.3 is 9.64 Å². The average Bonchev–Trinajstić information content (AvgIpc) is 2.50. The summed E-state index contributed by atoms with van der Waals surface area (Å²) in [7, 11) is 1.36. The summed E-state index contributed by atoms with van der Waals surface area (Å²) in [6, 6.07) is -0.354. The molecule has 1 aliphatic heterocycles. The van der Waals surface area contributed by atoms with E-state index in [0.717, 1.165) is 0 Å². The van der Waals surface area contributed by atoms with Crippen molar-refractivity contribution in [1.29, 1.82) is 0 Å². The first-order valence-electron chi connectivity index (χ1n) is 3.24. The summed E-state index contributed by atoms with van der Waals surface area (Å²) in [5, 5.41) is 0. The fraction of sp³-hybridized carbons (Fsp3) is 0.667. The van der Waals surface area contributed by atoms with Gasteiger partial charge >= 0.3 is 5.97 Å². The lowest BCUT2D eigenvalue weighted by Crippen LogP contribution is -2.28. The molecule has 0 amide bonds. The van der Waals surface area contributed by atoms with E-state index in [1.807, 2.05) is 4.90 Å². The van der Waals surface area contributed by atoms with E-state index < -0.39 is 0 Å². The van der Waals surface area contributed by atoms with Crippen molar-refractivity contribution < 1.29 is 9.53 Å². The Bertz CT molecular complexity index is 183. The van der Waals surface area contributed by atoms with Crippen LogP contribution in [0, 0.1) is 0 Å². The van der Waals surface area contributed by atoms with Crippen molar-refractivity contribution >= 4 is 24.9 Å². The molecule has 0 bridgehead atoms. The highest BCUT2D eigenvalue weighted by molar-refractivity contribution is 7.80. The smallest absolute Gasteiger partial charge is 0.332 e. The van der Waals surface area contributed by atoms with Crippen LogP contribution in [-0.2, 0) is 9.53 Å². The number of methoxy groups -OCH3 is 1. The first-order valence-corrected chi connectivity index (χ1v) is 3.87. The molecule has 1 aliphatic rings. The largest absolute Gasteiger partial charge is 0.467 e. The number of rotatable bonds is 2. The molecule has 1 rings (SSSR count). The molecular weight excluding hydrogens is 164 g/mol. The second kappa shape index (κ2) is 3.61. The minimum Gasteiger partial charge on any atom is -0.467 e. The quantitative estimate of drug-likeness (QED) is 0.464. The molecule has 0 aromatic carbocycles. The molecule has 0 aromatic rings. The van der Waals surface area contributed by atoms with E-state index in [0.29, 0.717) is 12.4 Å². The van der Waals surface area contributed by atoms with Gasteiger partial charge in [-0.25, -0.2) is 4.79 Å². The summed E-state index contributed by atoms with van der Waals surface area (Å²) in [6.45, 7) is 0.580. The molecule has 0 radical (unpaired) electrons. The molecule has 1 atom stereocenters. The van der Waals surface area contributed by atoms with Crippen LogP contribution in [0.1, 0.15) is 0 Å². The van der Waals surface area contributed by atoms with Gasteiger partial charge in [0.15, 0.2) is 6.04 Å². The van der Waals surface area contributed by atoms with E-state index in [1.54, 1.807) is 6.34 Å². The van der Waals surface area contributed by atoms with Gasteiger partial charge in [0, 0.05) is 0 Å². The van der Waals surface area contributed by atoms with Crippen molar-refractivity contribution in [1.82, 2.24) is 4.90 Å². The molecule has 0 N–H and O–H groups in total. The van der Waals surface area contributed by atoms with Gasteiger partial charge in [0.1, 0.15) is 0 Å². The summed E-state index contributed by atoms with van der Waals surface area (Å²) >= 11 is 4.04. The topological polar surface area (TPSA) is 41.9 Å². The zero-order chi connectivity index (χ0) is 8.27. The average molecular weight is 174 g/mol. The third-order valence-corrected chi connectivity index (χ3v) is 1.84. The molecule has 11 heavy (non-hydrogen) atoms. The van der Waals surface area contributed by atoms with Crippen molar-refractivity contribution in [3.63, 3.8) is 0 Å². The van der Waals surface area contributed by atoms with Gasteiger partial charge in [-0.2, -0.15) is 12.6 Å². The van der Waals surface area contributed by atoms with Crippen molar-refractivity contribution in [3.8, 4) is 0 Å². The fourth-order valence-corrected chi connectivity index (χ4v) is 1.05. The molecule has 0 saturated heterocycles. The third-order valence-electron chi connectivity index (χ3n) is 1.47. The maximum atomic E-state index is 10.9. The monoisotopic (exact) mass is 174 g/mol. The van der Waals surface area contributed by atoms with Crippen LogP contribution in [0.5, 0.6) is 0 Å². The fourth-order valence-electron chi connectivity index (χ4n) is 0.857. The summed E-state index contributed by atoms with van der Waals surface area (Å²) in [6.07, 6.45) is 1.62. The number of ether oxygens (including phenoxy) is 1. The minimum absolute atomic E-state index is 0.287. The second-order valence-corrected chi connectivity index (χ2v) is 2.50. The standard InChI is InChI=1S/C6H10N2O2S/c1-10-6(9)5-2-8(4-11)3-7-5/h3,5,11H,2,4H2,1H3. The van der Waals surface area contributed by atoms with Gasteiger partial charge in [-0.15, -0.1) is 0 Å². The molecule has 0 fully saturated rings. The normalized spacial score (nSPS) is 22.4. The number of nitrogens with zero attached hydrogens (tertiary/aromatic N) is 2. The Morgan fingerprint density at radius 1 is 2.00 bits per heavy atom. The van der Waals surface area contributed by atoms with Gasteiger partial charge in [-0.05, 0) is 0 Å². The van der Waals surface area contributed by atoms with Crippen LogP contribution in [0.3, 0.4) is 0 Å². The molecule has 5 heteroatoms. The summed E-state index contributed by atoms with van der Waals surface area (Å²) in [4.78, 5) is 16.7. The van der Waals surface area contributed by atoms with Crippen LogP contribution in [-0.4, -0.2) is 42.8 Å². The maximum absolute atomic E-state index is 10.9. The van der Waals surface area contributed by atoms with Crippen LogP contribution in [0.4, 0.5) is 0 Å². The summed E-state index contributed by atoms with van der Waals surface area (Å²) < 4.78 is 4.52. The Morgan fingerprint density at radius 2 is 2.73 bits per heavy atom. The predicted octanol–water partition coefficient (Wildman–Crippen LogP) is -0.241. The molecule has 0 aromatic heterocycles. The first kappa shape index (κ1) is 8.39. The lowest BCUT2D eigenvalue weighted by atomic mass is 10.3. The van der Waals surface area contributed by atoms with Crippen molar-refractivity contribution in [2.45, 2.75) is 6.04 Å². The number of hydrogen-bond acceptors (Lipinski definition) is 5. The number of hydrogen-bond donors (Lipinski definition) is 1. The van der Waals surface area contributed by atoms with E-state index >= 15 is 0 Å². The Hall–Kier alpha value is -0.710. The van der Waals surface area contributed by atoms with Gasteiger partial charge in [-0.1, -0.05) is 0 Å². The highest BCUT2D eigenvalue weighted by Gasteiger charge is 2.23. The van der Waals surface area contributed by atoms with Crippen molar-refractivity contribution in [2.75, 3.05) is 19.5 Å². The Labute approximate surface area is 70.6 Å². The van der Waals surface area contributed by atoms with E-state index in [4.69, 9.17) is 0 Å². The van der Waals surface area contributed by atoms with Crippen LogP contribution < -0.4 is 0 Å². The summed E-state index contributed by atoms with van der Waals surface area (Å²) in [5.74, 6) is 0.294. The molecule has 4 nitrogen and oxygen atoms in total. The van der Waals surface area contributed by atoms with Crippen LogP contribution in [0.25, 0.3) is 0 Å². The van der Waals surface area contributed by atoms with Gasteiger partial charge in [-0.3, -0.25) is 4.99 Å². The van der Waals surface area contributed by atoms with Crippen LogP contribution >= 0.6 is 12.6 Å². The lowest BCUT2D eigenvalue weighted by molar-refractivity contribution is -0.141. The second-order valence-electron chi connectivity index (χ2n) is 2.22. The Balaban J connectivity index is 2.43. The number of aliphatic imine (C=N–C) groups is 1. The Kier molecular flexibility index (Phi) is 2.76. The predicted molar refractivity (Wildman–Crippen MR) is 44.9 cm³/mol. The van der Waals surface area contributed by atoms with Gasteiger partial charge in [0.25, 0.3) is 0 Å². The summed E-state index contributed by atoms with van der Waals surface area (Å²) in [5.41, 5.74) is 0. The molecule has 0 aliphatic carbocycles. The number of carbonyl (C=O) groups excluding carboxylic acids is 1. The number of esters is 1. The van der Waals surface area contributed by atoms with Crippen molar-refractivity contribution in [2.24, 2.45) is 4.99 Å². The van der Waals surface area contributed by atoms with Gasteiger partial charge in [0.05, 0.1) is 25.9 Å². The SMILES string of the molecule is COC(=O)C1CN(CS)C=N1. The number of thiol groups is 1. The zero-order valence-electron chi connectivity index (χ0n) is 6.23. The molecule has 1 unspecified atom stereocenters. The van der Waals surface area contributed by atoms with Gasteiger partial charge in [0.2, 0.25) is 0 Å². The van der Waals surface area contributed by atoms with E-state index in [9.17, 15) is 4.79 Å². The Morgan fingerprint density at radius 3 is 3.18 bits per heavy atom. The van der Waals surface area contributed by atoms with Crippen molar-refractivity contribution in [3.05, 3.63) is 0 Å². The van der Waals surface area contributed by atoms with Crippen LogP contribution in [0.15, 0.2) is 4.99 Å². The van der Waals surface area contributed by atoms with Crippen LogP contribution in [0.2, 0.25) is 0 Å². The molecule has 0 saturated carbocycles. The molecule has 62 valence electrons. The molecule has 1 heterocycles. The van der Waals surface area contributed by atoms with E-state index in [2.05, 4.69) is 22.4 Å². The minimum atomic E-state index is -0.354. The third kappa shape index (κ3) is 1.86.